The molecule has 0 amide bonds. The third-order valence-electron chi connectivity index (χ3n) is 4.11. The second-order valence-corrected chi connectivity index (χ2v) is 5.85. The molecule has 130 valence electrons. The third-order valence-corrected chi connectivity index (χ3v) is 4.11. The van der Waals surface area contributed by atoms with E-state index < -0.39 is 12.0 Å². The van der Waals surface area contributed by atoms with E-state index in [9.17, 15) is 14.3 Å². The van der Waals surface area contributed by atoms with E-state index in [4.69, 9.17) is 4.74 Å². The Morgan fingerprint density at radius 3 is 3.00 bits per heavy atom. The molecule has 1 atom stereocenters. The molecular weight excluding hydrogens is 315 g/mol. The monoisotopic (exact) mass is 336 g/mol. The SMILES string of the molecule is O=C(O)[C@@H](Cc1nc2ccc(F)cc2[nH]1)NCCN1CCOCC1. The number of aliphatic carboxylic acids is 1. The fraction of sp³-hybridized carbons (Fsp3) is 0.500. The number of carboxylic acid groups (broad SMARTS) is 1. The van der Waals surface area contributed by atoms with Crippen molar-refractivity contribution in [1.82, 2.24) is 20.2 Å². The Labute approximate surface area is 138 Å². The van der Waals surface area contributed by atoms with Gasteiger partial charge in [0.1, 0.15) is 17.7 Å². The van der Waals surface area contributed by atoms with Gasteiger partial charge in [0.25, 0.3) is 0 Å². The van der Waals surface area contributed by atoms with E-state index in [0.717, 1.165) is 32.8 Å². The van der Waals surface area contributed by atoms with Gasteiger partial charge in [0.05, 0.1) is 24.2 Å². The van der Waals surface area contributed by atoms with E-state index >= 15 is 0 Å². The zero-order valence-electron chi connectivity index (χ0n) is 13.3. The van der Waals surface area contributed by atoms with Crippen LogP contribution in [0.1, 0.15) is 5.82 Å². The number of carboxylic acids is 1. The number of ether oxygens (including phenoxy) is 1. The molecule has 1 aromatic carbocycles. The molecule has 0 radical (unpaired) electrons. The Bertz CT molecular complexity index is 700. The second kappa shape index (κ2) is 7.69. The minimum absolute atomic E-state index is 0.217. The number of morpholine rings is 1. The lowest BCUT2D eigenvalue weighted by Crippen LogP contribution is -2.45. The molecule has 7 nitrogen and oxygen atoms in total. The van der Waals surface area contributed by atoms with Crippen molar-refractivity contribution in [3.63, 3.8) is 0 Å². The lowest BCUT2D eigenvalue weighted by molar-refractivity contribution is -0.139. The summed E-state index contributed by atoms with van der Waals surface area (Å²) >= 11 is 0. The topological polar surface area (TPSA) is 90.5 Å². The van der Waals surface area contributed by atoms with Crippen molar-refractivity contribution in [3.05, 3.63) is 29.8 Å². The highest BCUT2D eigenvalue weighted by Crippen LogP contribution is 2.14. The number of halogens is 1. The first kappa shape index (κ1) is 16.8. The number of hydrogen-bond acceptors (Lipinski definition) is 5. The van der Waals surface area contributed by atoms with Crippen LogP contribution in [-0.2, 0) is 16.0 Å². The van der Waals surface area contributed by atoms with E-state index in [2.05, 4.69) is 20.2 Å². The molecule has 2 aromatic rings. The first-order chi connectivity index (χ1) is 11.6. The smallest absolute Gasteiger partial charge is 0.321 e. The maximum Gasteiger partial charge on any atom is 0.321 e. The van der Waals surface area contributed by atoms with Crippen molar-refractivity contribution in [2.45, 2.75) is 12.5 Å². The number of hydrogen-bond donors (Lipinski definition) is 3. The minimum atomic E-state index is -0.927. The van der Waals surface area contributed by atoms with Gasteiger partial charge < -0.3 is 20.1 Å². The van der Waals surface area contributed by atoms with Gasteiger partial charge >= 0.3 is 5.97 Å². The summed E-state index contributed by atoms with van der Waals surface area (Å²) in [7, 11) is 0. The molecule has 0 bridgehead atoms. The maximum atomic E-state index is 13.2. The van der Waals surface area contributed by atoms with Crippen molar-refractivity contribution in [1.29, 1.82) is 0 Å². The van der Waals surface area contributed by atoms with Crippen molar-refractivity contribution in [3.8, 4) is 0 Å². The van der Waals surface area contributed by atoms with Gasteiger partial charge in [-0.05, 0) is 18.2 Å². The molecule has 1 saturated heterocycles. The first-order valence-electron chi connectivity index (χ1n) is 8.02. The highest BCUT2D eigenvalue weighted by atomic mass is 19.1. The van der Waals surface area contributed by atoms with Crippen molar-refractivity contribution in [2.24, 2.45) is 0 Å². The molecule has 8 heteroatoms. The summed E-state index contributed by atoms with van der Waals surface area (Å²) < 4.78 is 18.5. The summed E-state index contributed by atoms with van der Waals surface area (Å²) in [5, 5.41) is 12.4. The average Bonchev–Trinajstić information content (AvgIpc) is 2.96. The molecule has 2 heterocycles. The number of nitrogens with one attached hydrogen (secondary N) is 2. The number of H-pyrrole nitrogens is 1. The average molecular weight is 336 g/mol. The van der Waals surface area contributed by atoms with E-state index in [-0.39, 0.29) is 12.2 Å². The summed E-state index contributed by atoms with van der Waals surface area (Å²) in [5.41, 5.74) is 1.20. The Morgan fingerprint density at radius 1 is 1.46 bits per heavy atom. The van der Waals surface area contributed by atoms with E-state index in [1.54, 1.807) is 6.07 Å². The van der Waals surface area contributed by atoms with Crippen LogP contribution in [0.5, 0.6) is 0 Å². The maximum absolute atomic E-state index is 13.2. The number of imidazole rings is 1. The number of rotatable bonds is 7. The van der Waals surface area contributed by atoms with Crippen LogP contribution in [0.3, 0.4) is 0 Å². The van der Waals surface area contributed by atoms with Crippen LogP contribution in [-0.4, -0.2) is 71.4 Å². The van der Waals surface area contributed by atoms with Gasteiger partial charge in [0, 0.05) is 32.6 Å². The van der Waals surface area contributed by atoms with Gasteiger partial charge in [-0.3, -0.25) is 9.69 Å². The van der Waals surface area contributed by atoms with Crippen LogP contribution in [0.15, 0.2) is 18.2 Å². The molecule has 0 unspecified atom stereocenters. The Balaban J connectivity index is 1.57. The van der Waals surface area contributed by atoms with Gasteiger partial charge in [-0.15, -0.1) is 0 Å². The van der Waals surface area contributed by atoms with Gasteiger partial charge in [0.2, 0.25) is 0 Å². The normalized spacial score (nSPS) is 17.2. The van der Waals surface area contributed by atoms with Crippen LogP contribution < -0.4 is 5.32 Å². The summed E-state index contributed by atoms with van der Waals surface area (Å²) in [4.78, 5) is 21.0. The van der Waals surface area contributed by atoms with Gasteiger partial charge in [-0.1, -0.05) is 0 Å². The molecule has 0 aliphatic carbocycles. The number of benzene rings is 1. The predicted molar refractivity (Wildman–Crippen MR) is 86.4 cm³/mol. The molecule has 0 spiro atoms. The van der Waals surface area contributed by atoms with Gasteiger partial charge in [0.15, 0.2) is 0 Å². The van der Waals surface area contributed by atoms with E-state index in [0.29, 0.717) is 23.4 Å². The highest BCUT2D eigenvalue weighted by Gasteiger charge is 2.20. The molecule has 1 aliphatic heterocycles. The number of carbonyl (C=O) groups is 1. The molecule has 3 N–H and O–H groups in total. The Kier molecular flexibility index (Phi) is 5.39. The summed E-state index contributed by atoms with van der Waals surface area (Å²) in [6.45, 7) is 4.53. The minimum Gasteiger partial charge on any atom is -0.480 e. The summed E-state index contributed by atoms with van der Waals surface area (Å²) in [5.74, 6) is -0.749. The summed E-state index contributed by atoms with van der Waals surface area (Å²) in [6, 6.07) is 3.53. The second-order valence-electron chi connectivity index (χ2n) is 5.85. The molecule has 24 heavy (non-hydrogen) atoms. The lowest BCUT2D eigenvalue weighted by Gasteiger charge is -2.27. The molecule has 0 saturated carbocycles. The van der Waals surface area contributed by atoms with Crippen molar-refractivity contribution in [2.75, 3.05) is 39.4 Å². The van der Waals surface area contributed by atoms with Crippen LogP contribution in [0.25, 0.3) is 11.0 Å². The van der Waals surface area contributed by atoms with Crippen LogP contribution in [0.2, 0.25) is 0 Å². The van der Waals surface area contributed by atoms with Gasteiger partial charge in [-0.25, -0.2) is 9.37 Å². The predicted octanol–water partition coefficient (Wildman–Crippen LogP) is 0.619. The Hall–Kier alpha value is -2.03. The summed E-state index contributed by atoms with van der Waals surface area (Å²) in [6.07, 6.45) is 0.217. The number of aromatic nitrogens is 2. The quantitative estimate of drug-likeness (QED) is 0.687. The first-order valence-corrected chi connectivity index (χ1v) is 8.02. The van der Waals surface area contributed by atoms with E-state index in [1.165, 1.54) is 12.1 Å². The van der Waals surface area contributed by atoms with Crippen LogP contribution >= 0.6 is 0 Å². The van der Waals surface area contributed by atoms with Gasteiger partial charge in [-0.2, -0.15) is 0 Å². The fourth-order valence-corrected chi connectivity index (χ4v) is 2.79. The third kappa shape index (κ3) is 4.28. The fourth-order valence-electron chi connectivity index (χ4n) is 2.79. The standard InChI is InChI=1S/C16H21FN4O3/c17-11-1-2-12-13(9-11)20-15(19-12)10-14(16(22)23)18-3-4-21-5-7-24-8-6-21/h1-2,9,14,18H,3-8,10H2,(H,19,20)(H,22,23)/t14-/m1/s1. The number of fused-ring (bicyclic) bond motifs is 1. The number of nitrogens with zero attached hydrogens (tertiary/aromatic N) is 2. The van der Waals surface area contributed by atoms with Crippen molar-refractivity contribution < 1.29 is 19.0 Å². The molecule has 1 aliphatic rings. The molecular formula is C16H21FN4O3. The van der Waals surface area contributed by atoms with Crippen LogP contribution in [0, 0.1) is 5.82 Å². The van der Waals surface area contributed by atoms with E-state index in [1.807, 2.05) is 0 Å². The largest absolute Gasteiger partial charge is 0.480 e. The molecule has 3 rings (SSSR count). The number of aromatic amines is 1. The molecule has 1 aromatic heterocycles. The zero-order valence-corrected chi connectivity index (χ0v) is 13.3. The zero-order chi connectivity index (χ0) is 16.9. The highest BCUT2D eigenvalue weighted by molar-refractivity contribution is 5.76. The lowest BCUT2D eigenvalue weighted by atomic mass is 10.2. The Morgan fingerprint density at radius 2 is 2.25 bits per heavy atom. The van der Waals surface area contributed by atoms with Crippen LogP contribution in [0.4, 0.5) is 4.39 Å². The molecule has 1 fully saturated rings. The van der Waals surface area contributed by atoms with Crippen molar-refractivity contribution >= 4 is 17.0 Å².